The van der Waals surface area contributed by atoms with E-state index in [4.69, 9.17) is 9.47 Å². The second-order valence-electron chi connectivity index (χ2n) is 5.74. The Morgan fingerprint density at radius 2 is 2.04 bits per heavy atom. The first-order valence-corrected chi connectivity index (χ1v) is 8.27. The molecule has 0 aromatic heterocycles. The third-order valence-electron chi connectivity index (χ3n) is 4.16. The number of methoxy groups -OCH3 is 1. The number of nitrogens with one attached hydrogen (secondary N) is 1. The van der Waals surface area contributed by atoms with Crippen LogP contribution in [-0.4, -0.2) is 42.8 Å². The lowest BCUT2D eigenvalue weighted by Crippen LogP contribution is -2.44. The summed E-state index contributed by atoms with van der Waals surface area (Å²) in [4.78, 5) is 14.6. The zero-order valence-corrected chi connectivity index (χ0v) is 14.4. The lowest BCUT2D eigenvalue weighted by molar-refractivity contribution is 0.0607. The van der Waals surface area contributed by atoms with Crippen molar-refractivity contribution in [3.8, 4) is 11.5 Å². The minimum atomic E-state index is -0.502. The number of hydrogen-bond donors (Lipinski definition) is 2. The number of anilines is 1. The van der Waals surface area contributed by atoms with Gasteiger partial charge in [-0.15, -0.1) is 0 Å². The molecule has 0 unspecified atom stereocenters. The fraction of sp³-hybridized carbons (Fsp3) is 0.316. The first-order valence-electron chi connectivity index (χ1n) is 8.27. The van der Waals surface area contributed by atoms with E-state index in [2.05, 4.69) is 5.32 Å². The summed E-state index contributed by atoms with van der Waals surface area (Å²) in [6, 6.07) is 12.4. The Morgan fingerprint density at radius 1 is 1.24 bits per heavy atom. The van der Waals surface area contributed by atoms with Crippen LogP contribution in [0.1, 0.15) is 29.0 Å². The van der Waals surface area contributed by atoms with Crippen molar-refractivity contribution in [1.29, 1.82) is 0 Å². The van der Waals surface area contributed by atoms with E-state index in [1.165, 1.54) is 0 Å². The Bertz CT molecular complexity index is 763. The molecule has 0 saturated carbocycles. The topological polar surface area (TPSA) is 71.0 Å². The number of fused-ring (bicyclic) bond motifs is 1. The van der Waals surface area contributed by atoms with E-state index in [-0.39, 0.29) is 11.7 Å². The monoisotopic (exact) mass is 342 g/mol. The van der Waals surface area contributed by atoms with Crippen molar-refractivity contribution in [2.75, 3.05) is 32.2 Å². The number of carbonyl (C=O) groups excluding carboxylic acids is 1. The molecule has 0 spiro atoms. The number of carbonyl (C=O) groups is 1. The van der Waals surface area contributed by atoms with Gasteiger partial charge < -0.3 is 24.8 Å². The van der Waals surface area contributed by atoms with Gasteiger partial charge in [0.25, 0.3) is 5.91 Å². The molecule has 1 atom stereocenters. The van der Waals surface area contributed by atoms with E-state index >= 15 is 0 Å². The number of hydrogen-bond acceptors (Lipinski definition) is 5. The Morgan fingerprint density at radius 3 is 2.80 bits per heavy atom. The smallest absolute Gasteiger partial charge is 0.257 e. The van der Waals surface area contributed by atoms with Crippen LogP contribution in [0, 0.1) is 0 Å². The molecular weight excluding hydrogens is 320 g/mol. The molecule has 0 saturated heterocycles. The highest BCUT2D eigenvalue weighted by Crippen LogP contribution is 2.37. The number of ether oxygens (including phenoxy) is 2. The number of rotatable bonds is 6. The van der Waals surface area contributed by atoms with Gasteiger partial charge in [-0.1, -0.05) is 12.1 Å². The minimum Gasteiger partial charge on any atom is -0.508 e. The summed E-state index contributed by atoms with van der Waals surface area (Å²) in [5.41, 5.74) is 1.94. The van der Waals surface area contributed by atoms with Crippen LogP contribution in [0.5, 0.6) is 11.5 Å². The Hall–Kier alpha value is -2.73. The molecule has 1 heterocycles. The number of benzene rings is 2. The Labute approximate surface area is 147 Å². The Kier molecular flexibility index (Phi) is 5.09. The van der Waals surface area contributed by atoms with Crippen molar-refractivity contribution >= 4 is 11.6 Å². The van der Waals surface area contributed by atoms with Crippen LogP contribution >= 0.6 is 0 Å². The van der Waals surface area contributed by atoms with E-state index in [0.29, 0.717) is 36.6 Å². The number of phenolic OH excluding ortho intramolecular Hbond substituents is 1. The second-order valence-corrected chi connectivity index (χ2v) is 5.74. The van der Waals surface area contributed by atoms with Crippen molar-refractivity contribution in [2.45, 2.75) is 13.1 Å². The van der Waals surface area contributed by atoms with E-state index in [0.717, 1.165) is 5.69 Å². The van der Waals surface area contributed by atoms with Gasteiger partial charge in [-0.2, -0.15) is 0 Å². The highest BCUT2D eigenvalue weighted by Gasteiger charge is 2.34. The summed E-state index contributed by atoms with van der Waals surface area (Å²) in [5.74, 6) is 0.656. The standard InChI is InChI=1S/C19H22N2O4/c1-3-25-13-8-9-17(22)15(12-13)18-20-16-7-5-4-6-14(16)19(23)21(18)10-11-24-2/h4-9,12,18,20,22H,3,10-11H2,1-2H3/t18-/m1/s1. The molecule has 3 rings (SSSR count). The van der Waals surface area contributed by atoms with E-state index in [1.54, 1.807) is 36.3 Å². The summed E-state index contributed by atoms with van der Waals surface area (Å²) in [6.07, 6.45) is -0.502. The maximum Gasteiger partial charge on any atom is 0.257 e. The molecule has 2 aromatic carbocycles. The van der Waals surface area contributed by atoms with Crippen molar-refractivity contribution in [3.05, 3.63) is 53.6 Å². The van der Waals surface area contributed by atoms with Crippen LogP contribution in [0.25, 0.3) is 0 Å². The van der Waals surface area contributed by atoms with E-state index in [1.807, 2.05) is 25.1 Å². The predicted molar refractivity (Wildman–Crippen MR) is 95.0 cm³/mol. The van der Waals surface area contributed by atoms with Gasteiger partial charge in [-0.25, -0.2) is 0 Å². The second kappa shape index (κ2) is 7.44. The first-order chi connectivity index (χ1) is 12.2. The van der Waals surface area contributed by atoms with Gasteiger partial charge in [-0.3, -0.25) is 4.79 Å². The molecule has 1 aliphatic rings. The number of aromatic hydroxyl groups is 1. The molecule has 6 nitrogen and oxygen atoms in total. The molecule has 1 aliphatic heterocycles. The van der Waals surface area contributed by atoms with Gasteiger partial charge in [0.05, 0.1) is 18.8 Å². The van der Waals surface area contributed by atoms with Crippen LogP contribution in [0.15, 0.2) is 42.5 Å². The van der Waals surface area contributed by atoms with E-state index < -0.39 is 6.17 Å². The van der Waals surface area contributed by atoms with Crippen LogP contribution < -0.4 is 10.1 Å². The molecule has 2 N–H and O–H groups in total. The maximum absolute atomic E-state index is 12.9. The third kappa shape index (κ3) is 3.39. The molecule has 132 valence electrons. The maximum atomic E-state index is 12.9. The minimum absolute atomic E-state index is 0.0994. The van der Waals surface area contributed by atoms with Crippen molar-refractivity contribution in [3.63, 3.8) is 0 Å². The molecule has 1 amide bonds. The largest absolute Gasteiger partial charge is 0.508 e. The predicted octanol–water partition coefficient (Wildman–Crippen LogP) is 3.00. The SMILES string of the molecule is CCOc1ccc(O)c([C@@H]2Nc3ccccc3C(=O)N2CCOC)c1. The van der Waals surface area contributed by atoms with Crippen LogP contribution in [0.2, 0.25) is 0 Å². The first kappa shape index (κ1) is 17.1. The molecule has 6 heteroatoms. The lowest BCUT2D eigenvalue weighted by Gasteiger charge is -2.38. The molecule has 25 heavy (non-hydrogen) atoms. The molecular formula is C19H22N2O4. The molecule has 0 bridgehead atoms. The van der Waals surface area contributed by atoms with Crippen molar-refractivity contribution < 1.29 is 19.4 Å². The zero-order chi connectivity index (χ0) is 17.8. The molecule has 0 radical (unpaired) electrons. The van der Waals surface area contributed by atoms with Crippen LogP contribution in [0.3, 0.4) is 0 Å². The summed E-state index contributed by atoms with van der Waals surface area (Å²) < 4.78 is 10.7. The third-order valence-corrected chi connectivity index (χ3v) is 4.16. The van der Waals surface area contributed by atoms with Gasteiger partial charge in [0.15, 0.2) is 0 Å². The fourth-order valence-corrected chi connectivity index (χ4v) is 2.97. The zero-order valence-electron chi connectivity index (χ0n) is 14.4. The van der Waals surface area contributed by atoms with Gasteiger partial charge in [-0.05, 0) is 37.3 Å². The molecule has 2 aromatic rings. The van der Waals surface area contributed by atoms with Gasteiger partial charge >= 0.3 is 0 Å². The Balaban J connectivity index is 2.03. The van der Waals surface area contributed by atoms with Crippen LogP contribution in [0.4, 0.5) is 5.69 Å². The number of phenols is 1. The normalized spacial score (nSPS) is 16.3. The molecule has 0 aliphatic carbocycles. The summed E-state index contributed by atoms with van der Waals surface area (Å²) in [5, 5.41) is 13.7. The highest BCUT2D eigenvalue weighted by atomic mass is 16.5. The van der Waals surface area contributed by atoms with Crippen LogP contribution in [-0.2, 0) is 4.74 Å². The quantitative estimate of drug-likeness (QED) is 0.844. The number of nitrogens with zero attached hydrogens (tertiary/aromatic N) is 1. The summed E-state index contributed by atoms with van der Waals surface area (Å²) >= 11 is 0. The molecule has 0 fully saturated rings. The summed E-state index contributed by atoms with van der Waals surface area (Å²) in [7, 11) is 1.60. The lowest BCUT2D eigenvalue weighted by atomic mass is 10.0. The van der Waals surface area contributed by atoms with Gasteiger partial charge in [0.1, 0.15) is 17.7 Å². The fourth-order valence-electron chi connectivity index (χ4n) is 2.97. The summed E-state index contributed by atoms with van der Waals surface area (Å²) in [6.45, 7) is 3.23. The number of amides is 1. The number of para-hydroxylation sites is 1. The average molecular weight is 342 g/mol. The highest BCUT2D eigenvalue weighted by molar-refractivity contribution is 6.01. The van der Waals surface area contributed by atoms with Gasteiger partial charge in [0, 0.05) is 24.9 Å². The van der Waals surface area contributed by atoms with Crippen molar-refractivity contribution in [1.82, 2.24) is 4.90 Å². The average Bonchev–Trinajstić information content (AvgIpc) is 2.63. The van der Waals surface area contributed by atoms with E-state index in [9.17, 15) is 9.90 Å². The van der Waals surface area contributed by atoms with Crippen molar-refractivity contribution in [2.24, 2.45) is 0 Å². The van der Waals surface area contributed by atoms with Gasteiger partial charge in [0.2, 0.25) is 0 Å².